The zero-order valence-corrected chi connectivity index (χ0v) is 18.5. The fourth-order valence-corrected chi connectivity index (χ4v) is 5.05. The van der Waals surface area contributed by atoms with Gasteiger partial charge in [-0.05, 0) is 43.2 Å². The lowest BCUT2D eigenvalue weighted by molar-refractivity contribution is -0.137. The van der Waals surface area contributed by atoms with Crippen molar-refractivity contribution in [2.75, 3.05) is 19.3 Å². The number of sulfone groups is 1. The van der Waals surface area contributed by atoms with Crippen LogP contribution >= 0.6 is 0 Å². The lowest BCUT2D eigenvalue weighted by Crippen LogP contribution is -2.44. The first-order valence-corrected chi connectivity index (χ1v) is 12.7. The molecule has 1 aliphatic heterocycles. The maximum absolute atomic E-state index is 12.6. The summed E-state index contributed by atoms with van der Waals surface area (Å²) in [6.45, 7) is 1.40. The number of carbonyl (C=O) groups is 1. The molecule has 1 aromatic carbocycles. The predicted molar refractivity (Wildman–Crippen MR) is 117 cm³/mol. The van der Waals surface area contributed by atoms with Crippen LogP contribution < -0.4 is 10.3 Å². The fraction of sp³-hybridized carbons (Fsp3) is 0.478. The highest BCUT2D eigenvalue weighted by Crippen LogP contribution is 2.28. The molecule has 2 aromatic rings. The summed E-state index contributed by atoms with van der Waals surface area (Å²) in [6, 6.07) is 9.37. The third-order valence-electron chi connectivity index (χ3n) is 6.19. The van der Waals surface area contributed by atoms with Gasteiger partial charge in [-0.25, -0.2) is 8.42 Å². The minimum atomic E-state index is -3.28. The summed E-state index contributed by atoms with van der Waals surface area (Å²) in [4.78, 5) is 27.3. The molecule has 1 saturated heterocycles. The molecule has 2 heterocycles. The Balaban J connectivity index is 1.37. The molecule has 2 aliphatic rings. The van der Waals surface area contributed by atoms with Crippen molar-refractivity contribution in [2.45, 2.75) is 49.5 Å². The summed E-state index contributed by atoms with van der Waals surface area (Å²) < 4.78 is 30.7. The molecule has 0 spiro atoms. The van der Waals surface area contributed by atoms with E-state index < -0.39 is 9.84 Å². The Hall–Kier alpha value is -2.61. The molecular formula is C23H28N2O5S. The molecule has 1 aromatic heterocycles. The number of likely N-dealkylation sites (tertiary alicyclic amines) is 1. The molecule has 0 unspecified atom stereocenters. The molecule has 7 nitrogen and oxygen atoms in total. The van der Waals surface area contributed by atoms with E-state index in [1.54, 1.807) is 24.4 Å². The maximum atomic E-state index is 12.6. The minimum Gasteiger partial charge on any atom is -0.490 e. The number of nitrogens with zero attached hydrogens (tertiary/aromatic N) is 2. The van der Waals surface area contributed by atoms with Crippen molar-refractivity contribution in [2.24, 2.45) is 5.92 Å². The molecule has 0 atom stereocenters. The van der Waals surface area contributed by atoms with Gasteiger partial charge in [-0.3, -0.25) is 14.2 Å². The van der Waals surface area contributed by atoms with Gasteiger partial charge in [0.2, 0.25) is 5.91 Å². The molecule has 8 heteroatoms. The summed E-state index contributed by atoms with van der Waals surface area (Å²) in [5, 5.41) is 0. The fourth-order valence-electron chi connectivity index (χ4n) is 4.42. The van der Waals surface area contributed by atoms with Crippen molar-refractivity contribution in [1.29, 1.82) is 0 Å². The monoisotopic (exact) mass is 444 g/mol. The normalized spacial score (nSPS) is 18.3. The number of ether oxygens (including phenoxy) is 1. The minimum absolute atomic E-state index is 0.0167. The molecule has 1 saturated carbocycles. The van der Waals surface area contributed by atoms with E-state index in [4.69, 9.17) is 4.74 Å². The van der Waals surface area contributed by atoms with Gasteiger partial charge in [-0.15, -0.1) is 0 Å². The number of benzene rings is 1. The van der Waals surface area contributed by atoms with Crippen LogP contribution in [0.4, 0.5) is 0 Å². The summed E-state index contributed by atoms with van der Waals surface area (Å²) in [6.07, 6.45) is 8.62. The number of hydrogen-bond acceptors (Lipinski definition) is 5. The van der Waals surface area contributed by atoms with Crippen molar-refractivity contribution in [1.82, 2.24) is 9.47 Å². The van der Waals surface area contributed by atoms with Crippen molar-refractivity contribution < 1.29 is 17.9 Å². The van der Waals surface area contributed by atoms with Crippen LogP contribution in [0.2, 0.25) is 0 Å². The van der Waals surface area contributed by atoms with Crippen molar-refractivity contribution in [3.8, 4) is 11.4 Å². The van der Waals surface area contributed by atoms with Crippen LogP contribution in [0.3, 0.4) is 0 Å². The Morgan fingerprint density at radius 1 is 1.00 bits per heavy atom. The highest BCUT2D eigenvalue weighted by atomic mass is 32.2. The molecule has 4 rings (SSSR count). The smallest absolute Gasteiger partial charge is 0.258 e. The third kappa shape index (κ3) is 5.01. The second-order valence-electron chi connectivity index (χ2n) is 8.46. The van der Waals surface area contributed by atoms with E-state index in [0.29, 0.717) is 30.4 Å². The first kappa shape index (κ1) is 21.6. The van der Waals surface area contributed by atoms with Crippen molar-refractivity contribution in [3.05, 3.63) is 52.9 Å². The van der Waals surface area contributed by atoms with Gasteiger partial charge in [0.15, 0.2) is 9.84 Å². The number of piperidine rings is 1. The summed E-state index contributed by atoms with van der Waals surface area (Å²) >= 11 is 0. The Morgan fingerprint density at radius 2 is 1.65 bits per heavy atom. The Labute approximate surface area is 182 Å². The van der Waals surface area contributed by atoms with Crippen LogP contribution in [0.25, 0.3) is 5.69 Å². The van der Waals surface area contributed by atoms with E-state index in [-0.39, 0.29) is 22.5 Å². The van der Waals surface area contributed by atoms with Crippen LogP contribution in [0.1, 0.15) is 38.5 Å². The standard InChI is InChI=1S/C23H28N2O5S/c1-31(28,29)21-8-6-18(7-9-21)25-15-12-20(16-22(25)26)30-19-10-13-24(14-11-19)23(27)17-4-2-3-5-17/h6-9,12,15-17,19H,2-5,10-11,13-14H2,1H3. The molecule has 1 aliphatic carbocycles. The van der Waals surface area contributed by atoms with Gasteiger partial charge in [0, 0.05) is 56.1 Å². The van der Waals surface area contributed by atoms with E-state index in [9.17, 15) is 18.0 Å². The lowest BCUT2D eigenvalue weighted by Gasteiger charge is -2.33. The molecule has 0 bridgehead atoms. The number of rotatable bonds is 5. The van der Waals surface area contributed by atoms with Crippen molar-refractivity contribution in [3.63, 3.8) is 0 Å². The Kier molecular flexibility index (Phi) is 6.18. The van der Waals surface area contributed by atoms with Crippen LogP contribution in [-0.2, 0) is 14.6 Å². The summed E-state index contributed by atoms with van der Waals surface area (Å²) in [5.74, 6) is 1.01. The van der Waals surface area contributed by atoms with E-state index >= 15 is 0 Å². The van der Waals surface area contributed by atoms with E-state index in [0.717, 1.165) is 44.8 Å². The lowest BCUT2D eigenvalue weighted by atomic mass is 10.0. The number of hydrogen-bond donors (Lipinski definition) is 0. The van der Waals surface area contributed by atoms with E-state index in [1.165, 1.54) is 22.8 Å². The first-order chi connectivity index (χ1) is 14.8. The van der Waals surface area contributed by atoms with Gasteiger partial charge in [0.25, 0.3) is 5.56 Å². The quantitative estimate of drug-likeness (QED) is 0.708. The predicted octanol–water partition coefficient (Wildman–Crippen LogP) is 2.80. The highest BCUT2D eigenvalue weighted by Gasteiger charge is 2.30. The van der Waals surface area contributed by atoms with Crippen LogP contribution in [0.15, 0.2) is 52.3 Å². The van der Waals surface area contributed by atoms with Gasteiger partial charge >= 0.3 is 0 Å². The average molecular weight is 445 g/mol. The van der Waals surface area contributed by atoms with Crippen LogP contribution in [-0.4, -0.2) is 49.2 Å². The SMILES string of the molecule is CS(=O)(=O)c1ccc(-n2ccc(OC3CCN(C(=O)C4CCCC4)CC3)cc2=O)cc1. The van der Waals surface area contributed by atoms with Gasteiger partial charge in [-0.2, -0.15) is 0 Å². The summed E-state index contributed by atoms with van der Waals surface area (Å²) in [5.41, 5.74) is 0.334. The number of carbonyl (C=O) groups excluding carboxylic acids is 1. The maximum Gasteiger partial charge on any atom is 0.258 e. The second kappa shape index (κ2) is 8.86. The van der Waals surface area contributed by atoms with Gasteiger partial charge < -0.3 is 9.64 Å². The number of pyridine rings is 1. The topological polar surface area (TPSA) is 85.7 Å². The first-order valence-electron chi connectivity index (χ1n) is 10.8. The van der Waals surface area contributed by atoms with Crippen LogP contribution in [0, 0.1) is 5.92 Å². The third-order valence-corrected chi connectivity index (χ3v) is 7.32. The molecule has 166 valence electrons. The summed E-state index contributed by atoms with van der Waals surface area (Å²) in [7, 11) is -3.28. The van der Waals surface area contributed by atoms with Gasteiger partial charge in [0.1, 0.15) is 11.9 Å². The van der Waals surface area contributed by atoms with E-state index in [1.807, 2.05) is 4.90 Å². The van der Waals surface area contributed by atoms with Gasteiger partial charge in [0.05, 0.1) is 4.90 Å². The molecular weight excluding hydrogens is 416 g/mol. The molecule has 1 amide bonds. The molecule has 0 radical (unpaired) electrons. The largest absolute Gasteiger partial charge is 0.490 e. The number of amides is 1. The van der Waals surface area contributed by atoms with Gasteiger partial charge in [-0.1, -0.05) is 12.8 Å². The molecule has 0 N–H and O–H groups in total. The zero-order valence-electron chi connectivity index (χ0n) is 17.7. The Morgan fingerprint density at radius 3 is 2.23 bits per heavy atom. The average Bonchev–Trinajstić information content (AvgIpc) is 3.28. The number of aromatic nitrogens is 1. The molecule has 31 heavy (non-hydrogen) atoms. The zero-order chi connectivity index (χ0) is 22.0. The van der Waals surface area contributed by atoms with Crippen molar-refractivity contribution >= 4 is 15.7 Å². The van der Waals surface area contributed by atoms with E-state index in [2.05, 4.69) is 0 Å². The molecule has 2 fully saturated rings. The highest BCUT2D eigenvalue weighted by molar-refractivity contribution is 7.90. The second-order valence-corrected chi connectivity index (χ2v) is 10.5. The van der Waals surface area contributed by atoms with Crippen LogP contribution in [0.5, 0.6) is 5.75 Å². The Bertz CT molecular complexity index is 1090.